The Morgan fingerprint density at radius 3 is 2.50 bits per heavy atom. The van der Waals surface area contributed by atoms with Crippen molar-refractivity contribution in [2.75, 3.05) is 0 Å². The van der Waals surface area contributed by atoms with Crippen molar-refractivity contribution in [1.82, 2.24) is 0 Å². The fraction of sp³-hybridized carbons (Fsp3) is 0.250. The van der Waals surface area contributed by atoms with Gasteiger partial charge in [-0.15, -0.1) is 0 Å². The molecule has 0 spiro atoms. The smallest absolute Gasteiger partial charge is 0.0790 e. The first-order valence-electron chi connectivity index (χ1n) is 6.23. The van der Waals surface area contributed by atoms with Crippen molar-refractivity contribution in [3.63, 3.8) is 0 Å². The van der Waals surface area contributed by atoms with E-state index in [1.807, 2.05) is 42.5 Å². The van der Waals surface area contributed by atoms with E-state index in [4.69, 9.17) is 11.6 Å². The highest BCUT2D eigenvalue weighted by Crippen LogP contribution is 2.22. The van der Waals surface area contributed by atoms with Crippen LogP contribution >= 0.6 is 11.6 Å². The van der Waals surface area contributed by atoms with Crippen molar-refractivity contribution in [1.29, 1.82) is 0 Å². The second kappa shape index (κ2) is 6.58. The van der Waals surface area contributed by atoms with E-state index in [0.29, 0.717) is 5.02 Å². The lowest BCUT2D eigenvalue weighted by atomic mass is 10.0. The van der Waals surface area contributed by atoms with Crippen LogP contribution < -0.4 is 0 Å². The molecule has 0 aliphatic heterocycles. The molecule has 0 amide bonds. The Labute approximate surface area is 113 Å². The lowest BCUT2D eigenvalue weighted by molar-refractivity contribution is 0.164. The largest absolute Gasteiger partial charge is 0.388 e. The topological polar surface area (TPSA) is 20.2 Å². The summed E-state index contributed by atoms with van der Waals surface area (Å²) in [4.78, 5) is 0. The van der Waals surface area contributed by atoms with Gasteiger partial charge in [-0.2, -0.15) is 0 Å². The monoisotopic (exact) mass is 260 g/mol. The molecule has 2 heteroatoms. The van der Waals surface area contributed by atoms with E-state index in [1.54, 1.807) is 0 Å². The number of aliphatic hydroxyl groups is 1. The molecule has 2 rings (SSSR count). The number of hydrogen-bond acceptors (Lipinski definition) is 1. The van der Waals surface area contributed by atoms with E-state index in [0.717, 1.165) is 24.8 Å². The van der Waals surface area contributed by atoms with Gasteiger partial charge in [0, 0.05) is 5.02 Å². The van der Waals surface area contributed by atoms with E-state index >= 15 is 0 Å². The molecule has 1 atom stereocenters. The Balaban J connectivity index is 1.83. The maximum atomic E-state index is 10.1. The maximum absolute atomic E-state index is 10.1. The van der Waals surface area contributed by atoms with Gasteiger partial charge in [-0.05, 0) is 42.5 Å². The summed E-state index contributed by atoms with van der Waals surface area (Å²) in [6.45, 7) is 0. The first-order valence-corrected chi connectivity index (χ1v) is 6.61. The van der Waals surface area contributed by atoms with Crippen molar-refractivity contribution in [3.05, 3.63) is 70.7 Å². The van der Waals surface area contributed by atoms with E-state index in [1.165, 1.54) is 5.56 Å². The zero-order chi connectivity index (χ0) is 12.8. The summed E-state index contributed by atoms with van der Waals surface area (Å²) >= 11 is 5.91. The van der Waals surface area contributed by atoms with Gasteiger partial charge in [0.2, 0.25) is 0 Å². The molecule has 94 valence electrons. The summed E-state index contributed by atoms with van der Waals surface area (Å²) in [5.41, 5.74) is 2.21. The molecule has 0 saturated heterocycles. The number of rotatable bonds is 5. The van der Waals surface area contributed by atoms with Crippen LogP contribution in [0, 0.1) is 0 Å². The molecule has 0 aromatic heterocycles. The van der Waals surface area contributed by atoms with Crippen molar-refractivity contribution < 1.29 is 5.11 Å². The van der Waals surface area contributed by atoms with E-state index < -0.39 is 6.10 Å². The summed E-state index contributed by atoms with van der Waals surface area (Å²) in [5, 5.41) is 10.7. The van der Waals surface area contributed by atoms with Gasteiger partial charge in [-0.25, -0.2) is 0 Å². The van der Waals surface area contributed by atoms with Gasteiger partial charge in [0.05, 0.1) is 6.10 Å². The van der Waals surface area contributed by atoms with Crippen LogP contribution in [-0.4, -0.2) is 5.11 Å². The van der Waals surface area contributed by atoms with Crippen LogP contribution in [0.1, 0.15) is 30.1 Å². The second-order valence-corrected chi connectivity index (χ2v) is 4.89. The second-order valence-electron chi connectivity index (χ2n) is 4.45. The van der Waals surface area contributed by atoms with Gasteiger partial charge in [0.15, 0.2) is 0 Å². The van der Waals surface area contributed by atoms with Crippen LogP contribution in [0.2, 0.25) is 5.02 Å². The number of hydrogen-bond donors (Lipinski definition) is 1. The predicted octanol–water partition coefficient (Wildman–Crippen LogP) is 4.40. The highest BCUT2D eigenvalue weighted by molar-refractivity contribution is 6.30. The van der Waals surface area contributed by atoms with Gasteiger partial charge < -0.3 is 5.11 Å². The highest BCUT2D eigenvalue weighted by Gasteiger charge is 2.07. The predicted molar refractivity (Wildman–Crippen MR) is 75.8 cm³/mol. The summed E-state index contributed by atoms with van der Waals surface area (Å²) in [6, 6.07) is 17.8. The van der Waals surface area contributed by atoms with Crippen LogP contribution in [0.5, 0.6) is 0 Å². The van der Waals surface area contributed by atoms with Crippen LogP contribution in [0.3, 0.4) is 0 Å². The van der Waals surface area contributed by atoms with E-state index in [9.17, 15) is 5.11 Å². The van der Waals surface area contributed by atoms with Gasteiger partial charge in [0.25, 0.3) is 0 Å². The van der Waals surface area contributed by atoms with Gasteiger partial charge in [-0.3, -0.25) is 0 Å². The van der Waals surface area contributed by atoms with Crippen LogP contribution in [0.4, 0.5) is 0 Å². The van der Waals surface area contributed by atoms with Crippen LogP contribution in [0.25, 0.3) is 0 Å². The molecule has 0 radical (unpaired) electrons. The first-order chi connectivity index (χ1) is 8.75. The third kappa shape index (κ3) is 3.86. The zero-order valence-corrected chi connectivity index (χ0v) is 11.0. The lowest BCUT2D eigenvalue weighted by Crippen LogP contribution is -1.98. The summed E-state index contributed by atoms with van der Waals surface area (Å²) in [7, 11) is 0. The third-order valence-electron chi connectivity index (χ3n) is 3.02. The van der Waals surface area contributed by atoms with Gasteiger partial charge >= 0.3 is 0 Å². The SMILES string of the molecule is OC(CCCc1ccccc1)c1cccc(Cl)c1. The molecular weight excluding hydrogens is 244 g/mol. The number of benzene rings is 2. The molecule has 0 heterocycles. The van der Waals surface area contributed by atoms with Crippen LogP contribution in [-0.2, 0) is 6.42 Å². The molecule has 0 bridgehead atoms. The standard InChI is InChI=1S/C16H17ClO/c17-15-10-5-9-14(12-15)16(18)11-4-8-13-6-2-1-3-7-13/h1-3,5-7,9-10,12,16,18H,4,8,11H2. The summed E-state index contributed by atoms with van der Waals surface area (Å²) in [6.07, 6.45) is 2.30. The van der Waals surface area contributed by atoms with E-state index in [2.05, 4.69) is 12.1 Å². The Bertz CT molecular complexity index is 481. The van der Waals surface area contributed by atoms with Crippen LogP contribution in [0.15, 0.2) is 54.6 Å². The number of halogens is 1. The maximum Gasteiger partial charge on any atom is 0.0790 e. The van der Waals surface area contributed by atoms with Crippen molar-refractivity contribution in [3.8, 4) is 0 Å². The fourth-order valence-electron chi connectivity index (χ4n) is 2.02. The molecule has 0 aliphatic carbocycles. The minimum absolute atomic E-state index is 0.424. The highest BCUT2D eigenvalue weighted by atomic mass is 35.5. The Morgan fingerprint density at radius 2 is 1.78 bits per heavy atom. The number of aryl methyl sites for hydroxylation is 1. The minimum Gasteiger partial charge on any atom is -0.388 e. The van der Waals surface area contributed by atoms with Gasteiger partial charge in [-0.1, -0.05) is 54.1 Å². The molecule has 0 saturated carbocycles. The van der Waals surface area contributed by atoms with E-state index in [-0.39, 0.29) is 0 Å². The molecular formula is C16H17ClO. The number of aliphatic hydroxyl groups excluding tert-OH is 1. The molecule has 0 fully saturated rings. The summed E-state index contributed by atoms with van der Waals surface area (Å²) in [5.74, 6) is 0. The average molecular weight is 261 g/mol. The molecule has 2 aromatic rings. The Hall–Kier alpha value is -1.31. The normalized spacial score (nSPS) is 12.3. The third-order valence-corrected chi connectivity index (χ3v) is 3.25. The Kier molecular flexibility index (Phi) is 4.80. The molecule has 1 unspecified atom stereocenters. The molecule has 1 nitrogen and oxygen atoms in total. The molecule has 18 heavy (non-hydrogen) atoms. The fourth-order valence-corrected chi connectivity index (χ4v) is 2.22. The van der Waals surface area contributed by atoms with Crippen molar-refractivity contribution >= 4 is 11.6 Å². The molecule has 1 N–H and O–H groups in total. The van der Waals surface area contributed by atoms with Crippen molar-refractivity contribution in [2.24, 2.45) is 0 Å². The quantitative estimate of drug-likeness (QED) is 0.845. The van der Waals surface area contributed by atoms with Crippen molar-refractivity contribution in [2.45, 2.75) is 25.4 Å². The lowest BCUT2D eigenvalue weighted by Gasteiger charge is -2.11. The minimum atomic E-state index is -0.424. The molecule has 2 aromatic carbocycles. The zero-order valence-electron chi connectivity index (χ0n) is 10.2. The first kappa shape index (κ1) is 13.1. The molecule has 0 aliphatic rings. The summed E-state index contributed by atoms with van der Waals surface area (Å²) < 4.78 is 0. The Morgan fingerprint density at radius 1 is 1.00 bits per heavy atom. The average Bonchev–Trinajstić information content (AvgIpc) is 2.40. The van der Waals surface area contributed by atoms with Gasteiger partial charge in [0.1, 0.15) is 0 Å².